The molecule has 4 heterocycles. The lowest BCUT2D eigenvalue weighted by molar-refractivity contribution is 0.454. The fourth-order valence-electron chi connectivity index (χ4n) is 3.81. The zero-order valence-corrected chi connectivity index (χ0v) is 14.8. The van der Waals surface area contributed by atoms with E-state index in [2.05, 4.69) is 15.3 Å². The van der Waals surface area contributed by atoms with E-state index in [-0.39, 0.29) is 5.52 Å². The Bertz CT molecular complexity index is 1160. The summed E-state index contributed by atoms with van der Waals surface area (Å²) in [6, 6.07) is 4.43. The fraction of sp³-hybridized carbons (Fsp3) is 0.300. The molecule has 0 saturated carbocycles. The lowest BCUT2D eigenvalue weighted by Crippen LogP contribution is -2.26. The van der Waals surface area contributed by atoms with Gasteiger partial charge in [-0.1, -0.05) is 0 Å². The molecule has 1 aliphatic rings. The monoisotopic (exact) mass is 368 g/mol. The number of halogens is 2. The van der Waals surface area contributed by atoms with Crippen molar-refractivity contribution in [3.05, 3.63) is 53.8 Å². The van der Waals surface area contributed by atoms with Crippen molar-refractivity contribution in [2.45, 2.75) is 25.7 Å². The Kier molecular flexibility index (Phi) is 3.72. The number of oxazole rings is 1. The SMILES string of the molecule is Cc1nc2c(F)cc(-c3cc(F)c4nc(C5CCNCC5)cn4c3)cc2o1. The summed E-state index contributed by atoms with van der Waals surface area (Å²) < 4.78 is 36.2. The highest BCUT2D eigenvalue weighted by molar-refractivity contribution is 5.81. The number of nitrogens with one attached hydrogen (secondary N) is 1. The van der Waals surface area contributed by atoms with Gasteiger partial charge in [-0.2, -0.15) is 0 Å². The molecule has 1 fully saturated rings. The number of pyridine rings is 1. The standard InChI is InChI=1S/C20H18F2N4O/c1-11-24-19-15(21)6-13(8-18(19)27-11)14-7-16(22)20-25-17(10-26(20)9-14)12-2-4-23-5-3-12/h6-10,12,23H,2-5H2,1H3. The van der Waals surface area contributed by atoms with Crippen molar-refractivity contribution in [2.24, 2.45) is 0 Å². The van der Waals surface area contributed by atoms with Crippen LogP contribution in [-0.4, -0.2) is 27.5 Å². The average Bonchev–Trinajstić information content (AvgIpc) is 3.26. The van der Waals surface area contributed by atoms with Crippen molar-refractivity contribution < 1.29 is 13.2 Å². The van der Waals surface area contributed by atoms with Crippen LogP contribution in [0, 0.1) is 18.6 Å². The third-order valence-electron chi connectivity index (χ3n) is 5.17. The largest absolute Gasteiger partial charge is 0.441 e. The molecule has 1 N–H and O–H groups in total. The number of rotatable bonds is 2. The van der Waals surface area contributed by atoms with Crippen molar-refractivity contribution in [2.75, 3.05) is 13.1 Å². The van der Waals surface area contributed by atoms with Crippen LogP contribution in [0.25, 0.3) is 27.9 Å². The molecule has 0 spiro atoms. The lowest BCUT2D eigenvalue weighted by Gasteiger charge is -2.20. The van der Waals surface area contributed by atoms with Crippen LogP contribution in [0.3, 0.4) is 0 Å². The molecule has 138 valence electrons. The normalized spacial score (nSPS) is 15.8. The molecule has 0 aliphatic carbocycles. The van der Waals surface area contributed by atoms with Gasteiger partial charge in [-0.15, -0.1) is 0 Å². The van der Waals surface area contributed by atoms with E-state index in [1.165, 1.54) is 12.1 Å². The van der Waals surface area contributed by atoms with E-state index < -0.39 is 11.6 Å². The molecule has 7 heteroatoms. The summed E-state index contributed by atoms with van der Waals surface area (Å²) in [5, 5.41) is 3.32. The van der Waals surface area contributed by atoms with E-state index >= 15 is 0 Å². The van der Waals surface area contributed by atoms with Gasteiger partial charge in [0.15, 0.2) is 28.8 Å². The van der Waals surface area contributed by atoms with E-state index in [4.69, 9.17) is 4.42 Å². The number of piperidine rings is 1. The highest BCUT2D eigenvalue weighted by atomic mass is 19.1. The molecule has 0 unspecified atom stereocenters. The van der Waals surface area contributed by atoms with Gasteiger partial charge in [0.1, 0.15) is 5.52 Å². The second-order valence-electron chi connectivity index (χ2n) is 7.04. The van der Waals surface area contributed by atoms with Gasteiger partial charge in [-0.05, 0) is 49.7 Å². The van der Waals surface area contributed by atoms with Crippen LogP contribution in [-0.2, 0) is 0 Å². The van der Waals surface area contributed by atoms with Crippen molar-refractivity contribution >= 4 is 16.7 Å². The number of hydrogen-bond acceptors (Lipinski definition) is 4. The number of hydrogen-bond donors (Lipinski definition) is 1. The summed E-state index contributed by atoms with van der Waals surface area (Å²) in [5.41, 5.74) is 2.83. The van der Waals surface area contributed by atoms with Gasteiger partial charge in [0.05, 0.1) is 5.69 Å². The molecule has 5 nitrogen and oxygen atoms in total. The lowest BCUT2D eigenvalue weighted by atomic mass is 9.95. The molecule has 3 aromatic heterocycles. The average molecular weight is 368 g/mol. The molecule has 0 amide bonds. The van der Waals surface area contributed by atoms with Gasteiger partial charge in [0.2, 0.25) is 0 Å². The van der Waals surface area contributed by atoms with Crippen LogP contribution >= 0.6 is 0 Å². The topological polar surface area (TPSA) is 55.4 Å². The minimum atomic E-state index is -0.485. The fourth-order valence-corrected chi connectivity index (χ4v) is 3.81. The van der Waals surface area contributed by atoms with Gasteiger partial charge >= 0.3 is 0 Å². The molecule has 0 bridgehead atoms. The predicted octanol–water partition coefficient (Wildman–Crippen LogP) is 4.20. The number of imidazole rings is 1. The zero-order valence-electron chi connectivity index (χ0n) is 14.8. The first-order chi connectivity index (χ1) is 13.1. The quantitative estimate of drug-likeness (QED) is 0.576. The summed E-state index contributed by atoms with van der Waals surface area (Å²) in [5.74, 6) is -0.188. The van der Waals surface area contributed by atoms with Crippen LogP contribution < -0.4 is 5.32 Å². The first kappa shape index (κ1) is 16.4. The number of benzene rings is 1. The Hall–Kier alpha value is -2.80. The van der Waals surface area contributed by atoms with Gasteiger partial charge in [-0.25, -0.2) is 18.7 Å². The van der Waals surface area contributed by atoms with Gasteiger partial charge in [0.25, 0.3) is 0 Å². The molecule has 27 heavy (non-hydrogen) atoms. The minimum absolute atomic E-state index is 0.189. The van der Waals surface area contributed by atoms with Crippen molar-refractivity contribution in [1.82, 2.24) is 19.7 Å². The first-order valence-corrected chi connectivity index (χ1v) is 9.04. The van der Waals surface area contributed by atoms with Gasteiger partial charge < -0.3 is 14.1 Å². The Labute approximate surface area is 154 Å². The van der Waals surface area contributed by atoms with Gasteiger partial charge in [-0.3, -0.25) is 0 Å². The summed E-state index contributed by atoms with van der Waals surface area (Å²) in [4.78, 5) is 8.53. The molecular formula is C20H18F2N4O. The maximum absolute atomic E-state index is 14.7. The summed E-state index contributed by atoms with van der Waals surface area (Å²) in [6.07, 6.45) is 5.64. The molecule has 1 saturated heterocycles. The van der Waals surface area contributed by atoms with Crippen molar-refractivity contribution in [3.8, 4) is 11.1 Å². The second-order valence-corrected chi connectivity index (χ2v) is 7.04. The Morgan fingerprint density at radius 1 is 1.04 bits per heavy atom. The Balaban J connectivity index is 1.61. The van der Waals surface area contributed by atoms with E-state index in [1.54, 1.807) is 23.6 Å². The number of aromatic nitrogens is 3. The first-order valence-electron chi connectivity index (χ1n) is 9.04. The number of aryl methyl sites for hydroxylation is 1. The minimum Gasteiger partial charge on any atom is -0.441 e. The maximum Gasteiger partial charge on any atom is 0.192 e. The number of nitrogens with zero attached hydrogens (tertiary/aromatic N) is 3. The third kappa shape index (κ3) is 2.78. The predicted molar refractivity (Wildman–Crippen MR) is 97.7 cm³/mol. The van der Waals surface area contributed by atoms with Crippen LogP contribution in [0.15, 0.2) is 35.0 Å². The van der Waals surface area contributed by atoms with E-state index in [0.29, 0.717) is 34.2 Å². The van der Waals surface area contributed by atoms with Crippen molar-refractivity contribution in [3.63, 3.8) is 0 Å². The molecule has 5 rings (SSSR count). The van der Waals surface area contributed by atoms with Crippen molar-refractivity contribution in [1.29, 1.82) is 0 Å². The van der Waals surface area contributed by atoms with Crippen LogP contribution in [0.1, 0.15) is 30.3 Å². The highest BCUT2D eigenvalue weighted by Crippen LogP contribution is 2.30. The van der Waals surface area contributed by atoms with Crippen LogP contribution in [0.5, 0.6) is 0 Å². The van der Waals surface area contributed by atoms with E-state index in [9.17, 15) is 8.78 Å². The third-order valence-corrected chi connectivity index (χ3v) is 5.17. The summed E-state index contributed by atoms with van der Waals surface area (Å²) >= 11 is 0. The van der Waals surface area contributed by atoms with E-state index in [0.717, 1.165) is 31.6 Å². The summed E-state index contributed by atoms with van der Waals surface area (Å²) in [7, 11) is 0. The molecular weight excluding hydrogens is 350 g/mol. The molecule has 1 aromatic carbocycles. The molecule has 1 aliphatic heterocycles. The maximum atomic E-state index is 14.7. The molecule has 0 radical (unpaired) electrons. The number of fused-ring (bicyclic) bond motifs is 2. The summed E-state index contributed by atoms with van der Waals surface area (Å²) in [6.45, 7) is 3.56. The smallest absolute Gasteiger partial charge is 0.192 e. The van der Waals surface area contributed by atoms with Gasteiger partial charge in [0, 0.05) is 30.8 Å². The molecule has 0 atom stereocenters. The Morgan fingerprint density at radius 2 is 1.81 bits per heavy atom. The zero-order chi connectivity index (χ0) is 18.5. The van der Waals surface area contributed by atoms with E-state index in [1.807, 2.05) is 6.20 Å². The second kappa shape index (κ2) is 6.13. The van der Waals surface area contributed by atoms with Crippen LogP contribution in [0.2, 0.25) is 0 Å². The van der Waals surface area contributed by atoms with Crippen LogP contribution in [0.4, 0.5) is 8.78 Å². The molecule has 4 aromatic rings. The highest BCUT2D eigenvalue weighted by Gasteiger charge is 2.20. The Morgan fingerprint density at radius 3 is 2.63 bits per heavy atom.